The van der Waals surface area contributed by atoms with Crippen LogP contribution in [0.4, 0.5) is 5.69 Å². The lowest BCUT2D eigenvalue weighted by molar-refractivity contribution is -0.137. The van der Waals surface area contributed by atoms with Crippen molar-refractivity contribution in [3.63, 3.8) is 0 Å². The van der Waals surface area contributed by atoms with Crippen LogP contribution in [0.5, 0.6) is 0 Å². The number of benzene rings is 1. The minimum atomic E-state index is -0.707. The van der Waals surface area contributed by atoms with Crippen LogP contribution >= 0.6 is 0 Å². The Morgan fingerprint density at radius 3 is 2.89 bits per heavy atom. The van der Waals surface area contributed by atoms with Gasteiger partial charge in [0.1, 0.15) is 0 Å². The van der Waals surface area contributed by atoms with E-state index in [0.29, 0.717) is 12.5 Å². The molecular formula is C15H22N2O2. The monoisotopic (exact) mass is 262 g/mol. The zero-order valence-electron chi connectivity index (χ0n) is 11.7. The van der Waals surface area contributed by atoms with Crippen molar-refractivity contribution in [2.24, 2.45) is 0 Å². The Labute approximate surface area is 114 Å². The first-order valence-corrected chi connectivity index (χ1v) is 6.80. The van der Waals surface area contributed by atoms with E-state index in [1.165, 1.54) is 11.3 Å². The maximum Gasteiger partial charge on any atom is 0.303 e. The van der Waals surface area contributed by atoms with Gasteiger partial charge in [-0.25, -0.2) is 0 Å². The highest BCUT2D eigenvalue weighted by Crippen LogP contribution is 2.21. The summed E-state index contributed by atoms with van der Waals surface area (Å²) >= 11 is 0. The number of likely N-dealkylation sites (N-methyl/N-ethyl adjacent to an activating group) is 1. The molecule has 0 amide bonds. The van der Waals surface area contributed by atoms with Gasteiger partial charge in [-0.2, -0.15) is 0 Å². The molecule has 1 unspecified atom stereocenters. The van der Waals surface area contributed by atoms with Gasteiger partial charge in [-0.1, -0.05) is 12.1 Å². The van der Waals surface area contributed by atoms with Gasteiger partial charge in [-0.15, -0.1) is 0 Å². The van der Waals surface area contributed by atoms with Crippen molar-refractivity contribution in [2.75, 3.05) is 31.6 Å². The first-order chi connectivity index (χ1) is 9.06. The molecule has 4 nitrogen and oxygen atoms in total. The fourth-order valence-electron chi connectivity index (χ4n) is 2.61. The number of hydrogen-bond acceptors (Lipinski definition) is 3. The van der Waals surface area contributed by atoms with Crippen LogP contribution in [0.1, 0.15) is 18.4 Å². The van der Waals surface area contributed by atoms with E-state index in [0.717, 1.165) is 19.6 Å². The highest BCUT2D eigenvalue weighted by atomic mass is 16.4. The average Bonchev–Trinajstić information content (AvgIpc) is 2.37. The van der Waals surface area contributed by atoms with Gasteiger partial charge in [-0.05, 0) is 38.1 Å². The summed E-state index contributed by atoms with van der Waals surface area (Å²) < 4.78 is 0. The van der Waals surface area contributed by atoms with Crippen LogP contribution in [0.15, 0.2) is 24.3 Å². The molecule has 104 valence electrons. The molecule has 1 atom stereocenters. The second kappa shape index (κ2) is 6.06. The fourth-order valence-corrected chi connectivity index (χ4v) is 2.61. The van der Waals surface area contributed by atoms with E-state index in [2.05, 4.69) is 48.0 Å². The largest absolute Gasteiger partial charge is 0.481 e. The summed E-state index contributed by atoms with van der Waals surface area (Å²) in [5.74, 6) is -0.707. The maximum atomic E-state index is 10.7. The number of aryl methyl sites for hydroxylation is 1. The van der Waals surface area contributed by atoms with Crippen molar-refractivity contribution < 1.29 is 9.90 Å². The van der Waals surface area contributed by atoms with Gasteiger partial charge in [0.2, 0.25) is 0 Å². The van der Waals surface area contributed by atoms with Gasteiger partial charge in [0.05, 0.1) is 0 Å². The quantitative estimate of drug-likeness (QED) is 0.901. The predicted molar refractivity (Wildman–Crippen MR) is 76.7 cm³/mol. The molecule has 0 radical (unpaired) electrons. The summed E-state index contributed by atoms with van der Waals surface area (Å²) in [6.45, 7) is 5.00. The summed E-state index contributed by atoms with van der Waals surface area (Å²) in [6, 6.07) is 8.83. The van der Waals surface area contributed by atoms with Crippen molar-refractivity contribution in [3.8, 4) is 0 Å². The smallest absolute Gasteiger partial charge is 0.303 e. The fraction of sp³-hybridized carbons (Fsp3) is 0.533. The molecule has 1 aromatic rings. The Morgan fingerprint density at radius 1 is 1.42 bits per heavy atom. The molecule has 1 fully saturated rings. The topological polar surface area (TPSA) is 43.8 Å². The van der Waals surface area contributed by atoms with E-state index < -0.39 is 5.97 Å². The van der Waals surface area contributed by atoms with Crippen molar-refractivity contribution in [3.05, 3.63) is 29.8 Å². The molecule has 0 aromatic heterocycles. The van der Waals surface area contributed by atoms with Gasteiger partial charge in [0.25, 0.3) is 0 Å². The van der Waals surface area contributed by atoms with Crippen LogP contribution in [0, 0.1) is 6.92 Å². The van der Waals surface area contributed by atoms with E-state index in [4.69, 9.17) is 5.11 Å². The summed E-state index contributed by atoms with van der Waals surface area (Å²) in [4.78, 5) is 15.3. The molecule has 1 aliphatic rings. The van der Waals surface area contributed by atoms with E-state index in [-0.39, 0.29) is 6.42 Å². The summed E-state index contributed by atoms with van der Waals surface area (Å²) in [5.41, 5.74) is 2.51. The molecule has 4 heteroatoms. The number of carboxylic acids is 1. The van der Waals surface area contributed by atoms with Crippen LogP contribution < -0.4 is 4.90 Å². The summed E-state index contributed by atoms with van der Waals surface area (Å²) in [7, 11) is 2.08. The van der Waals surface area contributed by atoms with E-state index >= 15 is 0 Å². The molecule has 1 heterocycles. The molecule has 0 saturated carbocycles. The van der Waals surface area contributed by atoms with Crippen molar-refractivity contribution >= 4 is 11.7 Å². The third-order valence-corrected chi connectivity index (χ3v) is 3.84. The van der Waals surface area contributed by atoms with Crippen molar-refractivity contribution in [2.45, 2.75) is 25.8 Å². The lowest BCUT2D eigenvalue weighted by Crippen LogP contribution is -2.51. The number of piperazine rings is 1. The van der Waals surface area contributed by atoms with Gasteiger partial charge < -0.3 is 10.0 Å². The van der Waals surface area contributed by atoms with Gasteiger partial charge in [0, 0.05) is 37.8 Å². The van der Waals surface area contributed by atoms with Crippen LogP contribution in [0.25, 0.3) is 0 Å². The van der Waals surface area contributed by atoms with Crippen LogP contribution in [0.2, 0.25) is 0 Å². The van der Waals surface area contributed by atoms with Gasteiger partial charge in [0.15, 0.2) is 0 Å². The number of carbonyl (C=O) groups is 1. The number of rotatable bonds is 4. The Morgan fingerprint density at radius 2 is 2.21 bits per heavy atom. The number of carboxylic acid groups (broad SMARTS) is 1. The van der Waals surface area contributed by atoms with Crippen LogP contribution in [-0.4, -0.2) is 48.7 Å². The zero-order valence-corrected chi connectivity index (χ0v) is 11.7. The summed E-state index contributed by atoms with van der Waals surface area (Å²) in [5, 5.41) is 8.82. The SMILES string of the molecule is Cc1cccc(N2CCN(C)C(CCC(=O)O)C2)c1. The molecule has 19 heavy (non-hydrogen) atoms. The minimum absolute atomic E-state index is 0.247. The molecule has 1 saturated heterocycles. The summed E-state index contributed by atoms with van der Waals surface area (Å²) in [6.07, 6.45) is 0.963. The third kappa shape index (κ3) is 3.70. The number of aliphatic carboxylic acids is 1. The highest BCUT2D eigenvalue weighted by Gasteiger charge is 2.24. The van der Waals surface area contributed by atoms with Crippen LogP contribution in [0.3, 0.4) is 0 Å². The first kappa shape index (κ1) is 13.9. The van der Waals surface area contributed by atoms with Gasteiger partial charge in [-0.3, -0.25) is 9.69 Å². The number of hydrogen-bond donors (Lipinski definition) is 1. The van der Waals surface area contributed by atoms with E-state index in [1.54, 1.807) is 0 Å². The maximum absolute atomic E-state index is 10.7. The Hall–Kier alpha value is -1.55. The number of nitrogens with zero attached hydrogens (tertiary/aromatic N) is 2. The minimum Gasteiger partial charge on any atom is -0.481 e. The average molecular weight is 262 g/mol. The number of anilines is 1. The zero-order chi connectivity index (χ0) is 13.8. The van der Waals surface area contributed by atoms with Crippen molar-refractivity contribution in [1.29, 1.82) is 0 Å². The second-order valence-electron chi connectivity index (χ2n) is 5.35. The molecule has 1 aromatic carbocycles. The van der Waals surface area contributed by atoms with Gasteiger partial charge >= 0.3 is 5.97 Å². The Balaban J connectivity index is 2.02. The highest BCUT2D eigenvalue weighted by molar-refractivity contribution is 5.66. The normalized spacial score (nSPS) is 20.5. The van der Waals surface area contributed by atoms with Crippen molar-refractivity contribution in [1.82, 2.24) is 4.90 Å². The standard InChI is InChI=1S/C15H22N2O2/c1-12-4-3-5-13(10-12)17-9-8-16(2)14(11-17)6-7-15(18)19/h3-5,10,14H,6-9,11H2,1-2H3,(H,18,19). The molecule has 0 aliphatic carbocycles. The third-order valence-electron chi connectivity index (χ3n) is 3.84. The molecule has 1 aliphatic heterocycles. The van der Waals surface area contributed by atoms with E-state index in [9.17, 15) is 4.79 Å². The second-order valence-corrected chi connectivity index (χ2v) is 5.35. The Bertz CT molecular complexity index is 448. The lowest BCUT2D eigenvalue weighted by atomic mass is 10.1. The predicted octanol–water partition coefficient (Wildman–Crippen LogP) is 1.98. The molecule has 1 N–H and O–H groups in total. The lowest BCUT2D eigenvalue weighted by Gasteiger charge is -2.40. The Kier molecular flexibility index (Phi) is 4.43. The van der Waals surface area contributed by atoms with Crippen LogP contribution in [-0.2, 0) is 4.79 Å². The molecule has 2 rings (SSSR count). The molecular weight excluding hydrogens is 240 g/mol. The molecule has 0 bridgehead atoms. The van der Waals surface area contributed by atoms with E-state index in [1.807, 2.05) is 0 Å². The first-order valence-electron chi connectivity index (χ1n) is 6.80. The molecule has 0 spiro atoms.